The van der Waals surface area contributed by atoms with Crippen molar-refractivity contribution in [2.45, 2.75) is 13.5 Å². The highest BCUT2D eigenvalue weighted by Gasteiger charge is 2.20. The van der Waals surface area contributed by atoms with Crippen molar-refractivity contribution in [3.8, 4) is 5.75 Å². The van der Waals surface area contributed by atoms with Gasteiger partial charge in [0.25, 0.3) is 0 Å². The van der Waals surface area contributed by atoms with E-state index in [1.807, 2.05) is 36.1 Å². The summed E-state index contributed by atoms with van der Waals surface area (Å²) >= 11 is 6.11. The van der Waals surface area contributed by atoms with Gasteiger partial charge in [-0.05, 0) is 30.2 Å². The summed E-state index contributed by atoms with van der Waals surface area (Å²) in [4.78, 5) is 16.5. The molecular weight excluding hydrogens is 362 g/mol. The summed E-state index contributed by atoms with van der Waals surface area (Å²) in [5.41, 5.74) is 2.40. The largest absolute Gasteiger partial charge is 0.490 e. The van der Waals surface area contributed by atoms with E-state index in [2.05, 4.69) is 34.5 Å². The lowest BCUT2D eigenvalue weighted by Crippen LogP contribution is -2.51. The molecule has 6 heteroatoms. The second-order valence-electron chi connectivity index (χ2n) is 6.76. The van der Waals surface area contributed by atoms with Crippen LogP contribution in [0.25, 0.3) is 0 Å². The van der Waals surface area contributed by atoms with Crippen molar-refractivity contribution in [1.82, 2.24) is 15.1 Å². The zero-order chi connectivity index (χ0) is 19.1. The van der Waals surface area contributed by atoms with Gasteiger partial charge in [0.1, 0.15) is 12.4 Å². The first-order valence-electron chi connectivity index (χ1n) is 9.30. The molecule has 1 N–H and O–H groups in total. The average Bonchev–Trinajstić information content (AvgIpc) is 2.69. The molecule has 1 aliphatic rings. The minimum absolute atomic E-state index is 0.0340. The van der Waals surface area contributed by atoms with Gasteiger partial charge in [0.05, 0.1) is 11.6 Å². The fourth-order valence-corrected chi connectivity index (χ4v) is 3.27. The molecule has 2 aromatic carbocycles. The van der Waals surface area contributed by atoms with Crippen molar-refractivity contribution < 1.29 is 9.53 Å². The molecular formula is C21H26ClN3O2. The number of urea groups is 1. The number of benzene rings is 2. The van der Waals surface area contributed by atoms with Crippen molar-refractivity contribution in [2.75, 3.05) is 39.3 Å². The van der Waals surface area contributed by atoms with Gasteiger partial charge in [-0.2, -0.15) is 0 Å². The smallest absolute Gasteiger partial charge is 0.317 e. The number of aryl methyl sites for hydroxylation is 1. The molecule has 0 unspecified atom stereocenters. The standard InChI is InChI=1S/C21H26ClN3O2/c1-17-7-8-19(22)20(15-17)27-14-9-23-21(26)25-12-10-24(11-13-25)16-18-5-3-2-4-6-18/h2-8,15H,9-14,16H2,1H3,(H,23,26). The second-order valence-corrected chi connectivity index (χ2v) is 7.17. The van der Waals surface area contributed by atoms with E-state index >= 15 is 0 Å². The monoisotopic (exact) mass is 387 g/mol. The molecule has 0 saturated carbocycles. The third kappa shape index (κ3) is 5.88. The molecule has 2 aromatic rings. The van der Waals surface area contributed by atoms with Crippen molar-refractivity contribution >= 4 is 17.6 Å². The van der Waals surface area contributed by atoms with Gasteiger partial charge in [-0.3, -0.25) is 4.90 Å². The van der Waals surface area contributed by atoms with Gasteiger partial charge in [-0.1, -0.05) is 48.0 Å². The van der Waals surface area contributed by atoms with E-state index in [1.54, 1.807) is 0 Å². The van der Waals surface area contributed by atoms with Crippen LogP contribution in [0.1, 0.15) is 11.1 Å². The summed E-state index contributed by atoms with van der Waals surface area (Å²) < 4.78 is 5.67. The highest BCUT2D eigenvalue weighted by atomic mass is 35.5. The van der Waals surface area contributed by atoms with E-state index < -0.39 is 0 Å². The van der Waals surface area contributed by atoms with E-state index in [1.165, 1.54) is 5.56 Å². The number of piperazine rings is 1. The highest BCUT2D eigenvalue weighted by Crippen LogP contribution is 2.24. The number of nitrogens with zero attached hydrogens (tertiary/aromatic N) is 2. The van der Waals surface area contributed by atoms with Crippen LogP contribution in [0.2, 0.25) is 5.02 Å². The van der Waals surface area contributed by atoms with Crippen LogP contribution >= 0.6 is 11.6 Å². The van der Waals surface area contributed by atoms with Crippen LogP contribution < -0.4 is 10.1 Å². The summed E-state index contributed by atoms with van der Waals surface area (Å²) in [5, 5.41) is 3.51. The Morgan fingerprint density at radius 2 is 1.85 bits per heavy atom. The third-order valence-electron chi connectivity index (χ3n) is 4.63. The van der Waals surface area contributed by atoms with Crippen LogP contribution in [-0.2, 0) is 6.54 Å². The van der Waals surface area contributed by atoms with Gasteiger partial charge in [-0.15, -0.1) is 0 Å². The fourth-order valence-electron chi connectivity index (χ4n) is 3.10. The van der Waals surface area contributed by atoms with Gasteiger partial charge in [0.15, 0.2) is 0 Å². The van der Waals surface area contributed by atoms with E-state index in [9.17, 15) is 4.79 Å². The van der Waals surface area contributed by atoms with Gasteiger partial charge in [-0.25, -0.2) is 4.79 Å². The molecule has 2 amide bonds. The summed E-state index contributed by atoms with van der Waals surface area (Å²) in [6.45, 7) is 7.02. The molecule has 0 radical (unpaired) electrons. The molecule has 0 aromatic heterocycles. The molecule has 0 atom stereocenters. The lowest BCUT2D eigenvalue weighted by Gasteiger charge is -2.34. The van der Waals surface area contributed by atoms with Gasteiger partial charge < -0.3 is 15.0 Å². The molecule has 144 valence electrons. The second kappa shape index (κ2) is 9.62. The topological polar surface area (TPSA) is 44.8 Å². The summed E-state index contributed by atoms with van der Waals surface area (Å²) in [6, 6.07) is 16.1. The van der Waals surface area contributed by atoms with Gasteiger partial charge in [0, 0.05) is 32.7 Å². The number of nitrogens with one attached hydrogen (secondary N) is 1. The normalized spacial score (nSPS) is 14.8. The van der Waals surface area contributed by atoms with Crippen LogP contribution in [-0.4, -0.2) is 55.2 Å². The van der Waals surface area contributed by atoms with Gasteiger partial charge >= 0.3 is 6.03 Å². The summed E-state index contributed by atoms with van der Waals surface area (Å²) in [6.07, 6.45) is 0. The predicted octanol–water partition coefficient (Wildman–Crippen LogP) is 3.55. The molecule has 1 fully saturated rings. The van der Waals surface area contributed by atoms with E-state index in [0.717, 1.165) is 38.3 Å². The zero-order valence-electron chi connectivity index (χ0n) is 15.7. The molecule has 5 nitrogen and oxygen atoms in total. The lowest BCUT2D eigenvalue weighted by molar-refractivity contribution is 0.134. The van der Waals surface area contributed by atoms with Gasteiger partial charge in [0.2, 0.25) is 0 Å². The van der Waals surface area contributed by atoms with Crippen molar-refractivity contribution in [3.63, 3.8) is 0 Å². The number of hydrogen-bond acceptors (Lipinski definition) is 3. The first-order valence-corrected chi connectivity index (χ1v) is 9.67. The molecule has 0 bridgehead atoms. The first-order chi connectivity index (χ1) is 13.1. The Labute approximate surface area is 165 Å². The number of halogens is 1. The Hall–Kier alpha value is -2.24. The van der Waals surface area contributed by atoms with E-state index in [0.29, 0.717) is 23.9 Å². The number of carbonyl (C=O) groups excluding carboxylic acids is 1. The minimum atomic E-state index is -0.0340. The fraction of sp³-hybridized carbons (Fsp3) is 0.381. The molecule has 0 spiro atoms. The number of rotatable bonds is 6. The molecule has 3 rings (SSSR count). The Bertz CT molecular complexity index is 746. The molecule has 1 heterocycles. The van der Waals surface area contributed by atoms with Crippen molar-refractivity contribution in [1.29, 1.82) is 0 Å². The zero-order valence-corrected chi connectivity index (χ0v) is 16.4. The summed E-state index contributed by atoms with van der Waals surface area (Å²) in [7, 11) is 0. The Morgan fingerprint density at radius 3 is 2.59 bits per heavy atom. The summed E-state index contributed by atoms with van der Waals surface area (Å²) in [5.74, 6) is 0.653. The first kappa shape index (κ1) is 19.5. The molecule has 27 heavy (non-hydrogen) atoms. The van der Waals surface area contributed by atoms with Crippen LogP contribution in [0.4, 0.5) is 4.79 Å². The van der Waals surface area contributed by atoms with Crippen molar-refractivity contribution in [2.24, 2.45) is 0 Å². The predicted molar refractivity (Wildman–Crippen MR) is 108 cm³/mol. The lowest BCUT2D eigenvalue weighted by atomic mass is 10.2. The Kier molecular flexibility index (Phi) is 6.96. The van der Waals surface area contributed by atoms with E-state index in [4.69, 9.17) is 16.3 Å². The number of hydrogen-bond donors (Lipinski definition) is 1. The van der Waals surface area contributed by atoms with Crippen LogP contribution in [0, 0.1) is 6.92 Å². The minimum Gasteiger partial charge on any atom is -0.490 e. The van der Waals surface area contributed by atoms with Crippen molar-refractivity contribution in [3.05, 3.63) is 64.7 Å². The quantitative estimate of drug-likeness (QED) is 0.771. The number of amides is 2. The maximum atomic E-state index is 12.3. The average molecular weight is 388 g/mol. The third-order valence-corrected chi connectivity index (χ3v) is 4.94. The maximum absolute atomic E-state index is 12.3. The molecule has 0 aliphatic carbocycles. The maximum Gasteiger partial charge on any atom is 0.317 e. The Morgan fingerprint density at radius 1 is 1.11 bits per heavy atom. The van der Waals surface area contributed by atoms with Crippen LogP contribution in [0.15, 0.2) is 48.5 Å². The van der Waals surface area contributed by atoms with Crippen LogP contribution in [0.3, 0.4) is 0 Å². The van der Waals surface area contributed by atoms with E-state index in [-0.39, 0.29) is 6.03 Å². The number of carbonyl (C=O) groups is 1. The molecule has 1 saturated heterocycles. The SMILES string of the molecule is Cc1ccc(Cl)c(OCCNC(=O)N2CCN(Cc3ccccc3)CC2)c1. The Balaban J connectivity index is 1.35. The number of ether oxygens (including phenoxy) is 1. The van der Waals surface area contributed by atoms with Crippen LogP contribution in [0.5, 0.6) is 5.75 Å². The highest BCUT2D eigenvalue weighted by molar-refractivity contribution is 6.32. The molecule has 1 aliphatic heterocycles.